The zero-order chi connectivity index (χ0) is 22.7. The number of carbonyl (C=O) groups excluding carboxylic acids is 1. The van der Waals surface area contributed by atoms with Crippen molar-refractivity contribution in [1.29, 1.82) is 5.26 Å². The number of hydrogen-bond acceptors (Lipinski definition) is 4. The molecule has 1 aliphatic heterocycles. The molecule has 1 saturated heterocycles. The van der Waals surface area contributed by atoms with E-state index in [1.165, 1.54) is 12.1 Å². The Morgan fingerprint density at radius 1 is 1.19 bits per heavy atom. The largest absolute Gasteiger partial charge is 0.382 e. The number of likely N-dealkylation sites (tertiary alicyclic amines) is 1. The third kappa shape index (κ3) is 4.80. The number of piperidine rings is 1. The van der Waals surface area contributed by atoms with Crippen LogP contribution in [0.4, 0.5) is 10.1 Å². The minimum Gasteiger partial charge on any atom is -0.382 e. The zero-order valence-electron chi connectivity index (χ0n) is 18.0. The number of anilines is 1. The Hall–Kier alpha value is -3.66. The van der Waals surface area contributed by atoms with Crippen LogP contribution in [0.1, 0.15) is 36.1 Å². The molecule has 1 aromatic heterocycles. The number of aryl methyl sites for hydroxylation is 2. The first-order chi connectivity index (χ1) is 15.4. The van der Waals surface area contributed by atoms with Gasteiger partial charge in [-0.25, -0.2) is 4.39 Å². The molecule has 0 saturated carbocycles. The summed E-state index contributed by atoms with van der Waals surface area (Å²) in [6.07, 6.45) is 2.45. The van der Waals surface area contributed by atoms with Gasteiger partial charge in [0.1, 0.15) is 5.82 Å². The molecule has 2 heterocycles. The molecule has 6 nitrogen and oxygen atoms in total. The van der Waals surface area contributed by atoms with Gasteiger partial charge in [-0.2, -0.15) is 5.26 Å². The maximum atomic E-state index is 13.6. The third-order valence-corrected chi connectivity index (χ3v) is 6.03. The molecule has 2 aromatic carbocycles. The standard InChI is InChI=1S/C25H25FN4O2/c1-16-12-18(26)13-23-22(16)14-21(29-25(23)32)6-7-24(31)30-10-8-20(9-11-30)28-19-4-2-17(15-27)3-5-19/h2-5,12-14,20,28H,6-11H2,1H3,(H,29,32). The lowest BCUT2D eigenvalue weighted by atomic mass is 10.0. The molecule has 7 heteroatoms. The Bertz CT molecular complexity index is 1240. The number of hydrogen-bond donors (Lipinski definition) is 2. The minimum absolute atomic E-state index is 0.0681. The second-order valence-corrected chi connectivity index (χ2v) is 8.30. The summed E-state index contributed by atoms with van der Waals surface area (Å²) in [6, 6.07) is 14.3. The van der Waals surface area contributed by atoms with Gasteiger partial charge in [0, 0.05) is 36.9 Å². The number of nitrogens with zero attached hydrogens (tertiary/aromatic N) is 2. The second-order valence-electron chi connectivity index (χ2n) is 8.30. The molecule has 0 atom stereocenters. The fourth-order valence-electron chi connectivity index (χ4n) is 4.24. The van der Waals surface area contributed by atoms with Crippen LogP contribution in [0.2, 0.25) is 0 Å². The van der Waals surface area contributed by atoms with Crippen molar-refractivity contribution < 1.29 is 9.18 Å². The molecule has 0 spiro atoms. The lowest BCUT2D eigenvalue weighted by Crippen LogP contribution is -2.42. The normalized spacial score (nSPS) is 14.3. The van der Waals surface area contributed by atoms with E-state index in [4.69, 9.17) is 5.26 Å². The molecule has 0 bridgehead atoms. The number of fused-ring (bicyclic) bond motifs is 1. The first kappa shape index (κ1) is 21.6. The molecular weight excluding hydrogens is 407 g/mol. The van der Waals surface area contributed by atoms with Gasteiger partial charge in [-0.05, 0) is 79.6 Å². The number of rotatable bonds is 5. The van der Waals surface area contributed by atoms with Gasteiger partial charge in [0.2, 0.25) is 5.91 Å². The van der Waals surface area contributed by atoms with Crippen LogP contribution in [0.3, 0.4) is 0 Å². The highest BCUT2D eigenvalue weighted by atomic mass is 19.1. The van der Waals surface area contributed by atoms with Crippen LogP contribution in [0.25, 0.3) is 10.8 Å². The van der Waals surface area contributed by atoms with E-state index in [1.807, 2.05) is 23.1 Å². The van der Waals surface area contributed by atoms with E-state index in [0.717, 1.165) is 18.5 Å². The highest BCUT2D eigenvalue weighted by Crippen LogP contribution is 2.20. The fraction of sp³-hybridized carbons (Fsp3) is 0.320. The van der Waals surface area contributed by atoms with Crippen molar-refractivity contribution in [2.45, 2.75) is 38.6 Å². The number of H-pyrrole nitrogens is 1. The number of carbonyl (C=O) groups is 1. The van der Waals surface area contributed by atoms with E-state index in [0.29, 0.717) is 53.5 Å². The van der Waals surface area contributed by atoms with Crippen molar-refractivity contribution in [2.75, 3.05) is 18.4 Å². The summed E-state index contributed by atoms with van der Waals surface area (Å²) in [5, 5.41) is 13.4. The van der Waals surface area contributed by atoms with Crippen LogP contribution in [0, 0.1) is 24.1 Å². The maximum absolute atomic E-state index is 13.6. The number of pyridine rings is 1. The van der Waals surface area contributed by atoms with Gasteiger partial charge in [-0.3, -0.25) is 9.59 Å². The summed E-state index contributed by atoms with van der Waals surface area (Å²) in [5.74, 6) is -0.362. The SMILES string of the molecule is Cc1cc(F)cc2c(=O)[nH]c(CCC(=O)N3CCC(Nc4ccc(C#N)cc4)CC3)cc12. The van der Waals surface area contributed by atoms with E-state index in [1.54, 1.807) is 19.1 Å². The fourth-order valence-corrected chi connectivity index (χ4v) is 4.24. The van der Waals surface area contributed by atoms with Crippen LogP contribution >= 0.6 is 0 Å². The van der Waals surface area contributed by atoms with Gasteiger partial charge in [-0.1, -0.05) is 0 Å². The van der Waals surface area contributed by atoms with Crippen LogP contribution in [0.5, 0.6) is 0 Å². The molecular formula is C25H25FN4O2. The Morgan fingerprint density at radius 3 is 2.59 bits per heavy atom. The molecule has 0 aliphatic carbocycles. The molecule has 164 valence electrons. The number of halogens is 1. The van der Waals surface area contributed by atoms with E-state index >= 15 is 0 Å². The van der Waals surface area contributed by atoms with Crippen molar-refractivity contribution in [2.24, 2.45) is 0 Å². The smallest absolute Gasteiger partial charge is 0.256 e. The first-order valence-electron chi connectivity index (χ1n) is 10.8. The number of aromatic nitrogens is 1. The van der Waals surface area contributed by atoms with Crippen molar-refractivity contribution in [3.05, 3.63) is 75.5 Å². The van der Waals surface area contributed by atoms with Gasteiger partial charge < -0.3 is 15.2 Å². The number of benzene rings is 2. The molecule has 0 unspecified atom stereocenters. The number of aromatic amines is 1. The highest BCUT2D eigenvalue weighted by Gasteiger charge is 2.22. The van der Waals surface area contributed by atoms with E-state index in [9.17, 15) is 14.0 Å². The van der Waals surface area contributed by atoms with Gasteiger partial charge in [0.15, 0.2) is 0 Å². The Morgan fingerprint density at radius 2 is 1.91 bits per heavy atom. The van der Waals surface area contributed by atoms with Crippen LogP contribution in [-0.2, 0) is 11.2 Å². The topological polar surface area (TPSA) is 89.0 Å². The van der Waals surface area contributed by atoms with Crippen molar-refractivity contribution >= 4 is 22.4 Å². The summed E-state index contributed by atoms with van der Waals surface area (Å²) in [7, 11) is 0. The summed E-state index contributed by atoms with van der Waals surface area (Å²) < 4.78 is 13.6. The van der Waals surface area contributed by atoms with Crippen LogP contribution < -0.4 is 10.9 Å². The molecule has 1 fully saturated rings. The first-order valence-corrected chi connectivity index (χ1v) is 10.8. The quantitative estimate of drug-likeness (QED) is 0.640. The predicted octanol–water partition coefficient (Wildman–Crippen LogP) is 3.88. The molecule has 32 heavy (non-hydrogen) atoms. The Labute approximate surface area is 185 Å². The van der Waals surface area contributed by atoms with Crippen LogP contribution in [-0.4, -0.2) is 34.9 Å². The molecule has 4 rings (SSSR count). The summed E-state index contributed by atoms with van der Waals surface area (Å²) in [5.41, 5.74) is 2.66. The number of nitriles is 1. The van der Waals surface area contributed by atoms with E-state index in [-0.39, 0.29) is 17.5 Å². The van der Waals surface area contributed by atoms with Gasteiger partial charge in [0.05, 0.1) is 17.0 Å². The van der Waals surface area contributed by atoms with Gasteiger partial charge in [-0.15, -0.1) is 0 Å². The Balaban J connectivity index is 1.31. The average molecular weight is 432 g/mol. The van der Waals surface area contributed by atoms with Crippen molar-refractivity contribution in [1.82, 2.24) is 9.88 Å². The molecule has 1 amide bonds. The summed E-state index contributed by atoms with van der Waals surface area (Å²) in [4.78, 5) is 29.7. The summed E-state index contributed by atoms with van der Waals surface area (Å²) in [6.45, 7) is 3.13. The summed E-state index contributed by atoms with van der Waals surface area (Å²) >= 11 is 0. The molecule has 3 aromatic rings. The lowest BCUT2D eigenvalue weighted by Gasteiger charge is -2.33. The second kappa shape index (κ2) is 9.23. The van der Waals surface area contributed by atoms with Crippen molar-refractivity contribution in [3.63, 3.8) is 0 Å². The average Bonchev–Trinajstić information content (AvgIpc) is 2.79. The maximum Gasteiger partial charge on any atom is 0.256 e. The number of nitrogens with one attached hydrogen (secondary N) is 2. The zero-order valence-corrected chi connectivity index (χ0v) is 18.0. The van der Waals surface area contributed by atoms with Crippen LogP contribution in [0.15, 0.2) is 47.3 Å². The highest BCUT2D eigenvalue weighted by molar-refractivity contribution is 5.85. The van der Waals surface area contributed by atoms with Gasteiger partial charge in [0.25, 0.3) is 5.56 Å². The predicted molar refractivity (Wildman–Crippen MR) is 122 cm³/mol. The monoisotopic (exact) mass is 432 g/mol. The lowest BCUT2D eigenvalue weighted by molar-refractivity contribution is -0.132. The third-order valence-electron chi connectivity index (χ3n) is 6.03. The molecule has 0 radical (unpaired) electrons. The van der Waals surface area contributed by atoms with E-state index < -0.39 is 5.82 Å². The van der Waals surface area contributed by atoms with E-state index in [2.05, 4.69) is 16.4 Å². The minimum atomic E-state index is -0.430. The van der Waals surface area contributed by atoms with Gasteiger partial charge >= 0.3 is 0 Å². The van der Waals surface area contributed by atoms with Crippen molar-refractivity contribution in [3.8, 4) is 6.07 Å². The molecule has 2 N–H and O–H groups in total. The molecule has 1 aliphatic rings. The number of amides is 1. The Kier molecular flexibility index (Phi) is 6.22.